The third-order valence-electron chi connectivity index (χ3n) is 3.86. The molecule has 1 amide bonds. The molecule has 2 unspecified atom stereocenters. The highest BCUT2D eigenvalue weighted by molar-refractivity contribution is 5.85. The zero-order chi connectivity index (χ0) is 13.8. The number of hydrogen-bond donors (Lipinski definition) is 3. The van der Waals surface area contributed by atoms with E-state index in [1.165, 1.54) is 0 Å². The minimum Gasteiger partial charge on any atom is -0.389 e. The van der Waals surface area contributed by atoms with Gasteiger partial charge in [-0.1, -0.05) is 31.2 Å². The van der Waals surface area contributed by atoms with Crippen molar-refractivity contribution in [1.29, 1.82) is 0 Å². The van der Waals surface area contributed by atoms with Gasteiger partial charge in [0.1, 0.15) is 0 Å². The van der Waals surface area contributed by atoms with Crippen LogP contribution in [-0.2, 0) is 11.3 Å². The van der Waals surface area contributed by atoms with Gasteiger partial charge in [0.2, 0.25) is 5.91 Å². The third-order valence-corrected chi connectivity index (χ3v) is 3.86. The normalized spacial score (nSPS) is 17.6. The molecule has 0 saturated carbocycles. The molecular formula is C15H23ClN2O2. The topological polar surface area (TPSA) is 61.4 Å². The van der Waals surface area contributed by atoms with Crippen LogP contribution in [0.1, 0.15) is 31.1 Å². The lowest BCUT2D eigenvalue weighted by Crippen LogP contribution is -2.49. The summed E-state index contributed by atoms with van der Waals surface area (Å²) in [6.45, 7) is 6.15. The molecule has 1 aromatic carbocycles. The Morgan fingerprint density at radius 3 is 2.40 bits per heavy atom. The van der Waals surface area contributed by atoms with E-state index in [0.717, 1.165) is 24.2 Å². The first-order chi connectivity index (χ1) is 9.08. The molecule has 1 heterocycles. The smallest absolute Gasteiger partial charge is 0.223 e. The van der Waals surface area contributed by atoms with Crippen molar-refractivity contribution in [2.45, 2.75) is 26.5 Å². The Balaban J connectivity index is 0.00000200. The maximum atomic E-state index is 11.9. The monoisotopic (exact) mass is 298 g/mol. The van der Waals surface area contributed by atoms with E-state index >= 15 is 0 Å². The highest BCUT2D eigenvalue weighted by atomic mass is 35.5. The fourth-order valence-electron chi connectivity index (χ4n) is 2.14. The summed E-state index contributed by atoms with van der Waals surface area (Å²) in [7, 11) is 0. The molecule has 0 radical (unpaired) electrons. The van der Waals surface area contributed by atoms with Crippen LogP contribution in [0.25, 0.3) is 0 Å². The maximum Gasteiger partial charge on any atom is 0.223 e. The van der Waals surface area contributed by atoms with Gasteiger partial charge in [-0.15, -0.1) is 12.4 Å². The van der Waals surface area contributed by atoms with E-state index in [-0.39, 0.29) is 24.2 Å². The molecule has 20 heavy (non-hydrogen) atoms. The van der Waals surface area contributed by atoms with Crippen LogP contribution in [0.15, 0.2) is 24.3 Å². The lowest BCUT2D eigenvalue weighted by atomic mass is 9.88. The number of halogens is 1. The molecule has 5 heteroatoms. The third kappa shape index (κ3) is 4.20. The van der Waals surface area contributed by atoms with Gasteiger partial charge in [0.05, 0.1) is 6.10 Å². The van der Waals surface area contributed by atoms with E-state index in [9.17, 15) is 9.90 Å². The molecule has 3 N–H and O–H groups in total. The molecule has 0 aliphatic carbocycles. The molecule has 2 rings (SSSR count). The number of carbonyl (C=O) groups excluding carboxylic acids is 1. The molecule has 1 saturated heterocycles. The molecule has 112 valence electrons. The molecule has 2 atom stereocenters. The first-order valence-electron chi connectivity index (χ1n) is 6.83. The summed E-state index contributed by atoms with van der Waals surface area (Å²) in [5.74, 6) is 0.654. The van der Waals surface area contributed by atoms with Crippen molar-refractivity contribution in [2.24, 2.45) is 11.8 Å². The van der Waals surface area contributed by atoms with Gasteiger partial charge in [0, 0.05) is 12.5 Å². The van der Waals surface area contributed by atoms with E-state index in [0.29, 0.717) is 12.5 Å². The second-order valence-electron chi connectivity index (χ2n) is 5.34. The van der Waals surface area contributed by atoms with Gasteiger partial charge in [0.25, 0.3) is 0 Å². The number of nitrogens with one attached hydrogen (secondary N) is 2. The van der Waals surface area contributed by atoms with E-state index in [2.05, 4.69) is 10.6 Å². The number of amides is 1. The highest BCUT2D eigenvalue weighted by Crippen LogP contribution is 2.16. The van der Waals surface area contributed by atoms with Crippen LogP contribution >= 0.6 is 12.4 Å². The second-order valence-corrected chi connectivity index (χ2v) is 5.34. The van der Waals surface area contributed by atoms with Crippen molar-refractivity contribution >= 4 is 18.3 Å². The summed E-state index contributed by atoms with van der Waals surface area (Å²) in [5, 5.41) is 15.6. The average molecular weight is 299 g/mol. The molecule has 4 nitrogen and oxygen atoms in total. The lowest BCUT2D eigenvalue weighted by Gasteiger charge is -2.31. The molecule has 0 bridgehead atoms. The minimum atomic E-state index is -0.449. The molecular weight excluding hydrogens is 276 g/mol. The van der Waals surface area contributed by atoms with Crippen molar-refractivity contribution < 1.29 is 9.90 Å². The van der Waals surface area contributed by atoms with Crippen LogP contribution in [0.3, 0.4) is 0 Å². The van der Waals surface area contributed by atoms with Gasteiger partial charge in [-0.3, -0.25) is 4.79 Å². The van der Waals surface area contributed by atoms with Crippen LogP contribution < -0.4 is 10.6 Å². The number of rotatable bonds is 5. The summed E-state index contributed by atoms with van der Waals surface area (Å²) in [4.78, 5) is 11.9. The summed E-state index contributed by atoms with van der Waals surface area (Å²) in [5.41, 5.74) is 1.95. The molecule has 0 spiro atoms. The first kappa shape index (κ1) is 17.0. The Morgan fingerprint density at radius 1 is 1.35 bits per heavy atom. The minimum absolute atomic E-state index is 0. The van der Waals surface area contributed by atoms with Crippen molar-refractivity contribution in [2.75, 3.05) is 13.1 Å². The Hall–Kier alpha value is -1.10. The predicted octanol–water partition coefficient (Wildman–Crippen LogP) is 1.63. The van der Waals surface area contributed by atoms with Gasteiger partial charge in [-0.05, 0) is 37.1 Å². The number of hydrogen-bond acceptors (Lipinski definition) is 3. The van der Waals surface area contributed by atoms with Gasteiger partial charge in [-0.2, -0.15) is 0 Å². The van der Waals surface area contributed by atoms with E-state index in [1.807, 2.05) is 31.2 Å². The molecule has 1 aromatic rings. The van der Waals surface area contributed by atoms with Crippen molar-refractivity contribution in [3.05, 3.63) is 35.4 Å². The fourth-order valence-corrected chi connectivity index (χ4v) is 2.14. The number of carbonyl (C=O) groups is 1. The van der Waals surface area contributed by atoms with E-state index < -0.39 is 6.10 Å². The van der Waals surface area contributed by atoms with Crippen LogP contribution in [-0.4, -0.2) is 24.1 Å². The number of aliphatic hydroxyl groups excluding tert-OH is 1. The van der Waals surface area contributed by atoms with Crippen LogP contribution in [0.5, 0.6) is 0 Å². The van der Waals surface area contributed by atoms with Crippen LogP contribution in [0, 0.1) is 11.8 Å². The standard InChI is InChI=1S/C15H22N2O2.ClH/c1-10(14-8-16-9-14)15(19)17-7-12-3-5-13(6-4-12)11(2)18;/h3-6,10-11,14,16,18H,7-9H2,1-2H3,(H,17,19);1H. The largest absolute Gasteiger partial charge is 0.389 e. The quantitative estimate of drug-likeness (QED) is 0.774. The van der Waals surface area contributed by atoms with Crippen LogP contribution in [0.4, 0.5) is 0 Å². The Labute approximate surface area is 126 Å². The molecule has 1 fully saturated rings. The Morgan fingerprint density at radius 2 is 1.95 bits per heavy atom. The van der Waals surface area contributed by atoms with Gasteiger partial charge in [0.15, 0.2) is 0 Å². The van der Waals surface area contributed by atoms with Crippen LogP contribution in [0.2, 0.25) is 0 Å². The van der Waals surface area contributed by atoms with E-state index in [1.54, 1.807) is 6.92 Å². The molecule has 1 aliphatic rings. The van der Waals surface area contributed by atoms with E-state index in [4.69, 9.17) is 0 Å². The SMILES string of the molecule is CC(O)c1ccc(CNC(=O)C(C)C2CNC2)cc1.Cl. The highest BCUT2D eigenvalue weighted by Gasteiger charge is 2.28. The fraction of sp³-hybridized carbons (Fsp3) is 0.533. The first-order valence-corrected chi connectivity index (χ1v) is 6.83. The Kier molecular flexibility index (Phi) is 6.46. The number of benzene rings is 1. The van der Waals surface area contributed by atoms with Gasteiger partial charge < -0.3 is 15.7 Å². The molecule has 1 aliphatic heterocycles. The average Bonchev–Trinajstić information content (AvgIpc) is 2.34. The predicted molar refractivity (Wildman–Crippen MR) is 81.7 cm³/mol. The maximum absolute atomic E-state index is 11.9. The zero-order valence-corrected chi connectivity index (χ0v) is 12.7. The van der Waals surface area contributed by atoms with Crippen molar-refractivity contribution in [1.82, 2.24) is 10.6 Å². The second kappa shape index (κ2) is 7.62. The van der Waals surface area contributed by atoms with Crippen molar-refractivity contribution in [3.8, 4) is 0 Å². The summed E-state index contributed by atoms with van der Waals surface area (Å²) < 4.78 is 0. The van der Waals surface area contributed by atoms with Gasteiger partial charge >= 0.3 is 0 Å². The summed E-state index contributed by atoms with van der Waals surface area (Å²) >= 11 is 0. The summed E-state index contributed by atoms with van der Waals surface area (Å²) in [6, 6.07) is 7.67. The Bertz CT molecular complexity index is 430. The van der Waals surface area contributed by atoms with Crippen molar-refractivity contribution in [3.63, 3.8) is 0 Å². The number of aliphatic hydroxyl groups is 1. The molecule has 0 aromatic heterocycles. The lowest BCUT2D eigenvalue weighted by molar-refractivity contribution is -0.126. The summed E-state index contributed by atoms with van der Waals surface area (Å²) in [6.07, 6.45) is -0.449. The zero-order valence-electron chi connectivity index (χ0n) is 11.9. The van der Waals surface area contributed by atoms with Gasteiger partial charge in [-0.25, -0.2) is 0 Å².